The van der Waals surface area contributed by atoms with Gasteiger partial charge < -0.3 is 14.6 Å². The van der Waals surface area contributed by atoms with Crippen molar-refractivity contribution in [3.05, 3.63) is 88.3 Å². The molecule has 45 heavy (non-hydrogen) atoms. The molecule has 0 unspecified atom stereocenters. The maximum Gasteiger partial charge on any atom is 0.335 e. The van der Waals surface area contributed by atoms with Crippen molar-refractivity contribution in [2.24, 2.45) is 5.92 Å². The molecule has 3 aliphatic rings. The highest BCUT2D eigenvalue weighted by atomic mass is 32.2. The molecule has 0 spiro atoms. The van der Waals surface area contributed by atoms with Crippen LogP contribution in [-0.2, 0) is 16.0 Å². The number of carbonyl (C=O) groups excluding carboxylic acids is 1. The molecule has 3 fully saturated rings. The summed E-state index contributed by atoms with van der Waals surface area (Å²) in [7, 11) is 0. The van der Waals surface area contributed by atoms with Gasteiger partial charge >= 0.3 is 5.97 Å². The molecular formula is C35H36N2O5S3. The average Bonchev–Trinajstić information content (AvgIpc) is 3.85. The summed E-state index contributed by atoms with van der Waals surface area (Å²) in [6, 6.07) is 21.6. The number of nitrogens with zero attached hydrogens (tertiary/aromatic N) is 2. The smallest absolute Gasteiger partial charge is 0.335 e. The SMILES string of the molecule is O=C(O)c1ccc(CCN2C(=O)C(=Cc3cc(-c4ccc(SCC5CC5)cc4)ccc3OCCN3CCOCC3)SC2=S)cc1. The number of thiocarbonyl (C=S) groups is 1. The van der Waals surface area contributed by atoms with E-state index in [0.29, 0.717) is 28.8 Å². The number of hydrogen-bond donors (Lipinski definition) is 1. The van der Waals surface area contributed by atoms with E-state index in [2.05, 4.69) is 41.3 Å². The molecule has 0 aromatic heterocycles. The number of ether oxygens (including phenoxy) is 2. The van der Waals surface area contributed by atoms with Gasteiger partial charge in [-0.25, -0.2) is 4.79 Å². The molecule has 3 aromatic carbocycles. The van der Waals surface area contributed by atoms with E-state index < -0.39 is 5.97 Å². The number of carboxylic acids is 1. The molecule has 3 aromatic rings. The number of hydrogen-bond acceptors (Lipinski definition) is 8. The molecule has 1 aliphatic carbocycles. The second kappa shape index (κ2) is 15.0. The molecule has 0 atom stereocenters. The quantitative estimate of drug-likeness (QED) is 0.122. The molecule has 1 saturated carbocycles. The number of carbonyl (C=O) groups is 2. The largest absolute Gasteiger partial charge is 0.492 e. The van der Waals surface area contributed by atoms with Gasteiger partial charge in [0.05, 0.1) is 23.7 Å². The second-order valence-electron chi connectivity index (χ2n) is 11.4. The lowest BCUT2D eigenvalue weighted by atomic mass is 10.0. The fourth-order valence-electron chi connectivity index (χ4n) is 5.21. The molecule has 2 heterocycles. The minimum Gasteiger partial charge on any atom is -0.492 e. The molecule has 1 N–H and O–H groups in total. The van der Waals surface area contributed by atoms with Gasteiger partial charge in [0, 0.05) is 42.4 Å². The third-order valence-corrected chi connectivity index (χ3v) is 10.8. The number of thioether (sulfide) groups is 2. The number of benzene rings is 3. The Kier molecular flexibility index (Phi) is 10.6. The Bertz CT molecular complexity index is 1570. The Labute approximate surface area is 278 Å². The van der Waals surface area contributed by atoms with Crippen molar-refractivity contribution in [3.8, 4) is 16.9 Å². The summed E-state index contributed by atoms with van der Waals surface area (Å²) in [6.45, 7) is 5.05. The van der Waals surface area contributed by atoms with Gasteiger partial charge in [-0.3, -0.25) is 14.6 Å². The highest BCUT2D eigenvalue weighted by Crippen LogP contribution is 2.37. The van der Waals surface area contributed by atoms with Crippen molar-refractivity contribution in [2.75, 3.05) is 51.8 Å². The average molecular weight is 661 g/mol. The molecule has 0 bridgehead atoms. The highest BCUT2D eigenvalue weighted by molar-refractivity contribution is 8.26. The van der Waals surface area contributed by atoms with Crippen LogP contribution >= 0.6 is 35.7 Å². The van der Waals surface area contributed by atoms with E-state index >= 15 is 0 Å². The van der Waals surface area contributed by atoms with Crippen LogP contribution in [0.5, 0.6) is 5.75 Å². The fourth-order valence-corrected chi connectivity index (χ4v) is 7.60. The molecule has 2 aliphatic heterocycles. The minimum atomic E-state index is -0.961. The molecular weight excluding hydrogens is 625 g/mol. The molecule has 1 amide bonds. The normalized spacial score (nSPS) is 18.1. The lowest BCUT2D eigenvalue weighted by Crippen LogP contribution is -2.38. The van der Waals surface area contributed by atoms with Gasteiger partial charge in [0.25, 0.3) is 5.91 Å². The van der Waals surface area contributed by atoms with Crippen LogP contribution in [0.3, 0.4) is 0 Å². The summed E-state index contributed by atoms with van der Waals surface area (Å²) in [4.78, 5) is 30.5. The molecule has 7 nitrogen and oxygen atoms in total. The van der Waals surface area contributed by atoms with Crippen molar-refractivity contribution in [1.29, 1.82) is 0 Å². The zero-order chi connectivity index (χ0) is 31.2. The van der Waals surface area contributed by atoms with E-state index in [0.717, 1.165) is 66.8 Å². The second-order valence-corrected chi connectivity index (χ2v) is 14.2. The molecule has 234 valence electrons. The Morgan fingerprint density at radius 1 is 1.02 bits per heavy atom. The van der Waals surface area contributed by atoms with Crippen LogP contribution in [0.25, 0.3) is 17.2 Å². The van der Waals surface area contributed by atoms with Gasteiger partial charge in [-0.05, 0) is 84.3 Å². The molecule has 10 heteroatoms. The van der Waals surface area contributed by atoms with E-state index in [1.165, 1.54) is 35.3 Å². The van der Waals surface area contributed by atoms with Gasteiger partial charge in [0.15, 0.2) is 0 Å². The first kappa shape index (κ1) is 31.8. The van der Waals surface area contributed by atoms with Crippen molar-refractivity contribution in [2.45, 2.75) is 24.2 Å². The predicted molar refractivity (Wildman–Crippen MR) is 185 cm³/mol. The van der Waals surface area contributed by atoms with Crippen LogP contribution in [0, 0.1) is 5.92 Å². The fraction of sp³-hybridized carbons (Fsp3) is 0.343. The summed E-state index contributed by atoms with van der Waals surface area (Å²) in [5.74, 6) is 1.71. The number of amides is 1. The zero-order valence-corrected chi connectivity index (χ0v) is 27.4. The monoisotopic (exact) mass is 660 g/mol. The summed E-state index contributed by atoms with van der Waals surface area (Å²) in [5, 5.41) is 9.16. The van der Waals surface area contributed by atoms with Crippen LogP contribution in [0.1, 0.15) is 34.3 Å². The van der Waals surface area contributed by atoms with Gasteiger partial charge in [-0.15, -0.1) is 11.8 Å². The van der Waals surface area contributed by atoms with E-state index in [-0.39, 0.29) is 11.5 Å². The van der Waals surface area contributed by atoms with Crippen molar-refractivity contribution < 1.29 is 24.2 Å². The maximum absolute atomic E-state index is 13.5. The van der Waals surface area contributed by atoms with E-state index in [4.69, 9.17) is 26.8 Å². The number of carboxylic acid groups (broad SMARTS) is 1. The molecule has 2 saturated heterocycles. The van der Waals surface area contributed by atoms with E-state index in [1.807, 2.05) is 23.9 Å². The van der Waals surface area contributed by atoms with Crippen LogP contribution in [0.2, 0.25) is 0 Å². The molecule has 6 rings (SSSR count). The molecule has 0 radical (unpaired) electrons. The van der Waals surface area contributed by atoms with Crippen molar-refractivity contribution in [1.82, 2.24) is 9.80 Å². The first-order chi connectivity index (χ1) is 21.9. The lowest BCUT2D eigenvalue weighted by molar-refractivity contribution is -0.122. The van der Waals surface area contributed by atoms with E-state index in [1.54, 1.807) is 29.2 Å². The number of morpholine rings is 1. The van der Waals surface area contributed by atoms with Crippen LogP contribution in [-0.4, -0.2) is 82.9 Å². The Morgan fingerprint density at radius 3 is 2.47 bits per heavy atom. The van der Waals surface area contributed by atoms with Crippen molar-refractivity contribution in [3.63, 3.8) is 0 Å². The maximum atomic E-state index is 13.5. The summed E-state index contributed by atoms with van der Waals surface area (Å²) < 4.78 is 12.3. The Balaban J connectivity index is 1.18. The van der Waals surface area contributed by atoms with Gasteiger partial charge in [-0.2, -0.15) is 0 Å². The first-order valence-corrected chi connectivity index (χ1v) is 17.5. The third-order valence-electron chi connectivity index (χ3n) is 8.13. The highest BCUT2D eigenvalue weighted by Gasteiger charge is 2.32. The number of aromatic carboxylic acids is 1. The minimum absolute atomic E-state index is 0.131. The predicted octanol–water partition coefficient (Wildman–Crippen LogP) is 6.71. The standard InChI is InChI=1S/C35H36N2O5S3/c38-33-32(45-35(43)37(33)14-13-24-3-5-27(6-4-24)34(39)40)22-29-21-28(26-7-10-30(11-8-26)44-23-25-1-2-25)9-12-31(29)42-20-17-36-15-18-41-19-16-36/h3-12,21-22,25H,1-2,13-20,23H2,(H,39,40). The van der Waals surface area contributed by atoms with E-state index in [9.17, 15) is 9.59 Å². The zero-order valence-electron chi connectivity index (χ0n) is 25.0. The van der Waals surface area contributed by atoms with Crippen LogP contribution in [0.15, 0.2) is 76.5 Å². The summed E-state index contributed by atoms with van der Waals surface area (Å²) in [5.41, 5.74) is 4.19. The van der Waals surface area contributed by atoms with Crippen molar-refractivity contribution >= 4 is 58.0 Å². The first-order valence-electron chi connectivity index (χ1n) is 15.3. The topological polar surface area (TPSA) is 79.3 Å². The van der Waals surface area contributed by atoms with Gasteiger partial charge in [0.1, 0.15) is 16.7 Å². The third kappa shape index (κ3) is 8.56. The summed E-state index contributed by atoms with van der Waals surface area (Å²) >= 11 is 8.84. The number of rotatable bonds is 13. The Hall–Kier alpha value is -3.15. The Morgan fingerprint density at radius 2 is 1.76 bits per heavy atom. The summed E-state index contributed by atoms with van der Waals surface area (Å²) in [6.07, 6.45) is 5.18. The van der Waals surface area contributed by atoms with Gasteiger partial charge in [-0.1, -0.05) is 54.3 Å². The van der Waals surface area contributed by atoms with Crippen LogP contribution < -0.4 is 4.74 Å². The van der Waals surface area contributed by atoms with Gasteiger partial charge in [0.2, 0.25) is 0 Å². The lowest BCUT2D eigenvalue weighted by Gasteiger charge is -2.26. The van der Waals surface area contributed by atoms with Crippen LogP contribution in [0.4, 0.5) is 0 Å².